The van der Waals surface area contributed by atoms with E-state index in [0.29, 0.717) is 25.1 Å². The van der Waals surface area contributed by atoms with Crippen molar-refractivity contribution >= 4 is 0 Å². The third kappa shape index (κ3) is 5.40. The van der Waals surface area contributed by atoms with E-state index in [0.717, 1.165) is 16.9 Å². The molecule has 0 radical (unpaired) electrons. The third-order valence-corrected chi connectivity index (χ3v) is 6.04. The quantitative estimate of drug-likeness (QED) is 0.342. The minimum Gasteiger partial charge on any atom is -0.848 e. The van der Waals surface area contributed by atoms with Gasteiger partial charge in [-0.1, -0.05) is 53.8 Å². The van der Waals surface area contributed by atoms with Crippen molar-refractivity contribution in [2.24, 2.45) is 5.92 Å². The summed E-state index contributed by atoms with van der Waals surface area (Å²) in [6.45, 7) is 0.502. The molecule has 1 aromatic heterocycles. The van der Waals surface area contributed by atoms with E-state index in [4.69, 9.17) is 4.74 Å². The number of hydrogen-bond acceptors (Lipinski definition) is 8. The number of hydrogen-bond donors (Lipinski definition) is 4. The molecule has 1 fully saturated rings. The first-order chi connectivity index (χ1) is 15.9. The average molecular weight is 455 g/mol. The fourth-order valence-corrected chi connectivity index (χ4v) is 4.09. The molecule has 3 aromatic rings. The molecule has 1 aliphatic carbocycles. The largest absolute Gasteiger partial charge is 0.848 e. The highest BCUT2D eigenvalue weighted by Crippen LogP contribution is 2.27. The summed E-state index contributed by atoms with van der Waals surface area (Å²) in [6, 6.07) is 18.0. The van der Waals surface area contributed by atoms with Crippen LogP contribution in [0, 0.1) is 5.92 Å². The van der Waals surface area contributed by atoms with E-state index in [1.165, 1.54) is 4.68 Å². The van der Waals surface area contributed by atoms with Crippen LogP contribution in [0.5, 0.6) is 5.75 Å². The van der Waals surface area contributed by atoms with Crippen LogP contribution in [0.4, 0.5) is 0 Å². The van der Waals surface area contributed by atoms with Gasteiger partial charge in [0.15, 0.2) is 0 Å². The number of aliphatic hydroxyl groups excluding tert-OH is 4. The maximum atomic E-state index is 11.9. The van der Waals surface area contributed by atoms with Crippen LogP contribution in [0.3, 0.4) is 0 Å². The molecule has 0 spiro atoms. The van der Waals surface area contributed by atoms with Gasteiger partial charge >= 0.3 is 0 Å². The zero-order valence-electron chi connectivity index (χ0n) is 18.0. The normalized spacial score (nSPS) is 27.4. The highest BCUT2D eigenvalue weighted by molar-refractivity contribution is 5.63. The van der Waals surface area contributed by atoms with Crippen molar-refractivity contribution in [1.82, 2.24) is 15.0 Å². The summed E-state index contributed by atoms with van der Waals surface area (Å²) in [5.74, 6) is -0.172. The molecule has 1 heterocycles. The first-order valence-corrected chi connectivity index (χ1v) is 11.0. The number of ether oxygens (including phenoxy) is 1. The summed E-state index contributed by atoms with van der Waals surface area (Å²) in [6.07, 6.45) is -5.07. The second-order valence-electron chi connectivity index (χ2n) is 8.37. The highest BCUT2D eigenvalue weighted by atomic mass is 16.5. The number of rotatable bonds is 8. The van der Waals surface area contributed by atoms with Crippen molar-refractivity contribution in [2.45, 2.75) is 49.9 Å². The van der Waals surface area contributed by atoms with Crippen LogP contribution in [0.15, 0.2) is 60.8 Å². The van der Waals surface area contributed by atoms with E-state index in [2.05, 4.69) is 22.4 Å². The fourth-order valence-electron chi connectivity index (χ4n) is 4.09. The van der Waals surface area contributed by atoms with Crippen LogP contribution >= 0.6 is 0 Å². The van der Waals surface area contributed by atoms with Crippen molar-refractivity contribution in [3.8, 4) is 16.9 Å². The summed E-state index contributed by atoms with van der Waals surface area (Å²) < 4.78 is 7.22. The number of aliphatic hydroxyl groups is 4. The molecule has 4 N–H and O–H groups in total. The maximum Gasteiger partial charge on any atom is 0.119 e. The fraction of sp³-hybridized carbons (Fsp3) is 0.417. The number of aromatic nitrogens is 3. The summed E-state index contributed by atoms with van der Waals surface area (Å²) in [4.78, 5) is 0. The van der Waals surface area contributed by atoms with Gasteiger partial charge in [-0.15, -0.1) is 5.10 Å². The number of benzene rings is 2. The molecule has 176 valence electrons. The van der Waals surface area contributed by atoms with E-state index in [1.807, 2.05) is 42.5 Å². The Morgan fingerprint density at radius 2 is 1.55 bits per heavy atom. The van der Waals surface area contributed by atoms with E-state index in [9.17, 15) is 25.5 Å². The first-order valence-electron chi connectivity index (χ1n) is 11.0. The molecular formula is C24H28N3O6-. The molecule has 33 heavy (non-hydrogen) atoms. The minimum absolute atomic E-state index is 0.00210. The summed E-state index contributed by atoms with van der Waals surface area (Å²) in [5, 5.41) is 59.7. The molecular weight excluding hydrogens is 426 g/mol. The van der Waals surface area contributed by atoms with Crippen molar-refractivity contribution in [1.29, 1.82) is 0 Å². The van der Waals surface area contributed by atoms with Gasteiger partial charge in [0.25, 0.3) is 0 Å². The van der Waals surface area contributed by atoms with Crippen LogP contribution < -0.4 is 9.84 Å². The second-order valence-corrected chi connectivity index (χ2v) is 8.37. The molecule has 0 amide bonds. The van der Waals surface area contributed by atoms with E-state index < -0.39 is 36.4 Å². The van der Waals surface area contributed by atoms with Crippen molar-refractivity contribution in [3.05, 3.63) is 66.5 Å². The van der Waals surface area contributed by atoms with Crippen molar-refractivity contribution < 1.29 is 30.3 Å². The lowest BCUT2D eigenvalue weighted by Gasteiger charge is -2.47. The molecule has 0 unspecified atom stereocenters. The average Bonchev–Trinajstić information content (AvgIpc) is 3.30. The zero-order chi connectivity index (χ0) is 23.4. The Kier molecular flexibility index (Phi) is 7.36. The smallest absolute Gasteiger partial charge is 0.119 e. The lowest BCUT2D eigenvalue weighted by Crippen LogP contribution is -2.66. The van der Waals surface area contributed by atoms with Crippen LogP contribution in [-0.4, -0.2) is 72.5 Å². The van der Waals surface area contributed by atoms with Crippen molar-refractivity contribution in [3.63, 3.8) is 0 Å². The SMILES string of the molecule is [O-][C@@H]1[C@H](O)[C@@H](O)[C@H](O)[C@@H](Cn2cc(CCCOc3ccc(-c4ccccc4)cc3)nn2)[C@H]1O. The Hall–Kier alpha value is -2.82. The molecule has 9 heteroatoms. The summed E-state index contributed by atoms with van der Waals surface area (Å²) in [5.41, 5.74) is 2.98. The molecule has 9 nitrogen and oxygen atoms in total. The van der Waals surface area contributed by atoms with Gasteiger partial charge in [-0.3, -0.25) is 4.68 Å². The molecule has 1 aliphatic rings. The van der Waals surface area contributed by atoms with Gasteiger partial charge in [-0.2, -0.15) is 0 Å². The molecule has 1 saturated carbocycles. The van der Waals surface area contributed by atoms with Gasteiger partial charge in [-0.25, -0.2) is 0 Å². The van der Waals surface area contributed by atoms with Gasteiger partial charge in [-0.05, 0) is 36.1 Å². The predicted molar refractivity (Wildman–Crippen MR) is 117 cm³/mol. The standard InChI is InChI=1S/C24H28N3O6/c28-20-19(21(29)23(31)24(32)22(20)30)14-27-13-17(25-26-27)7-4-12-33-18-10-8-16(9-11-18)15-5-2-1-3-6-15/h1-3,5-6,8-11,13,19-24,28-30,32H,4,7,12,14H2/q-1/t19-,20-,21-,22+,23+,24-/m1/s1. The number of nitrogens with zero attached hydrogens (tertiary/aromatic N) is 3. The Morgan fingerprint density at radius 1 is 0.848 bits per heavy atom. The molecule has 4 rings (SSSR count). The second kappa shape index (κ2) is 10.4. The number of aryl methyl sites for hydroxylation is 1. The molecule has 2 aromatic carbocycles. The van der Waals surface area contributed by atoms with E-state index in [-0.39, 0.29) is 6.54 Å². The first kappa shape index (κ1) is 23.3. The predicted octanol–water partition coefficient (Wildman–Crippen LogP) is -0.241. The van der Waals surface area contributed by atoms with Gasteiger partial charge in [0.05, 0.1) is 37.2 Å². The Labute approximate surface area is 191 Å². The monoisotopic (exact) mass is 454 g/mol. The van der Waals surface area contributed by atoms with Crippen LogP contribution in [0.2, 0.25) is 0 Å². The van der Waals surface area contributed by atoms with Gasteiger partial charge in [0.1, 0.15) is 11.9 Å². The van der Waals surface area contributed by atoms with Gasteiger partial charge < -0.3 is 30.3 Å². The Morgan fingerprint density at radius 3 is 2.27 bits per heavy atom. The van der Waals surface area contributed by atoms with Crippen molar-refractivity contribution in [2.75, 3.05) is 6.61 Å². The highest BCUT2D eigenvalue weighted by Gasteiger charge is 2.44. The summed E-state index contributed by atoms with van der Waals surface area (Å²) in [7, 11) is 0. The topological polar surface area (TPSA) is 144 Å². The lowest BCUT2D eigenvalue weighted by molar-refractivity contribution is -0.473. The van der Waals surface area contributed by atoms with Crippen LogP contribution in [-0.2, 0) is 13.0 Å². The maximum absolute atomic E-state index is 11.9. The molecule has 0 bridgehead atoms. The molecule has 0 aliphatic heterocycles. The van der Waals surface area contributed by atoms with Crippen LogP contribution in [0.1, 0.15) is 12.1 Å². The minimum atomic E-state index is -1.80. The zero-order valence-corrected chi connectivity index (χ0v) is 18.0. The van der Waals surface area contributed by atoms with Gasteiger partial charge in [0, 0.05) is 12.1 Å². The Bertz CT molecular complexity index is 997. The Balaban J connectivity index is 1.24. The third-order valence-electron chi connectivity index (χ3n) is 6.04. The van der Waals surface area contributed by atoms with Gasteiger partial charge in [0.2, 0.25) is 0 Å². The van der Waals surface area contributed by atoms with Crippen LogP contribution in [0.25, 0.3) is 11.1 Å². The van der Waals surface area contributed by atoms with E-state index >= 15 is 0 Å². The molecule has 0 saturated heterocycles. The molecule has 6 atom stereocenters. The summed E-state index contributed by atoms with van der Waals surface area (Å²) >= 11 is 0. The van der Waals surface area contributed by atoms with E-state index in [1.54, 1.807) is 6.20 Å². The lowest BCUT2D eigenvalue weighted by atomic mass is 9.78.